The number of carbonyl (C=O) groups excluding carboxylic acids is 1. The van der Waals surface area contributed by atoms with Crippen LogP contribution in [-0.2, 0) is 6.54 Å². The van der Waals surface area contributed by atoms with Gasteiger partial charge < -0.3 is 15.7 Å². The number of nitrogens with one attached hydrogen (secondary N) is 2. The Hall–Kier alpha value is -2.47. The standard InChI is InChI=1S/C17H18F2N2O2/c1-11-14(17(23)20-7-8-22)3-2-4-16(11)21-10-12-5-6-13(18)9-15(12)19/h2-6,9,21-22H,7-8,10H2,1H3,(H,20,23). The van der Waals surface area contributed by atoms with Crippen LogP contribution in [0.1, 0.15) is 21.5 Å². The predicted molar refractivity (Wildman–Crippen MR) is 84.3 cm³/mol. The van der Waals surface area contributed by atoms with Crippen molar-refractivity contribution in [3.05, 3.63) is 64.7 Å². The first-order valence-electron chi connectivity index (χ1n) is 7.19. The molecule has 6 heteroatoms. The summed E-state index contributed by atoms with van der Waals surface area (Å²) in [5.74, 6) is -1.52. The molecule has 2 aromatic carbocycles. The summed E-state index contributed by atoms with van der Waals surface area (Å²) in [5, 5.41) is 14.4. The lowest BCUT2D eigenvalue weighted by atomic mass is 10.1. The summed E-state index contributed by atoms with van der Waals surface area (Å²) in [6.45, 7) is 2.00. The van der Waals surface area contributed by atoms with E-state index in [0.717, 1.165) is 6.07 Å². The maximum absolute atomic E-state index is 13.6. The minimum absolute atomic E-state index is 0.132. The van der Waals surface area contributed by atoms with Gasteiger partial charge in [-0.1, -0.05) is 12.1 Å². The van der Waals surface area contributed by atoms with E-state index in [0.29, 0.717) is 22.4 Å². The zero-order chi connectivity index (χ0) is 16.8. The van der Waals surface area contributed by atoms with Gasteiger partial charge in [0, 0.05) is 36.0 Å². The van der Waals surface area contributed by atoms with Crippen LogP contribution >= 0.6 is 0 Å². The first-order chi connectivity index (χ1) is 11.0. The first kappa shape index (κ1) is 16.9. The fourth-order valence-electron chi connectivity index (χ4n) is 2.19. The number of rotatable bonds is 6. The van der Waals surface area contributed by atoms with E-state index in [1.54, 1.807) is 25.1 Å². The molecule has 2 aromatic rings. The lowest BCUT2D eigenvalue weighted by molar-refractivity contribution is 0.0944. The maximum Gasteiger partial charge on any atom is 0.251 e. The molecule has 0 saturated heterocycles. The Kier molecular flexibility index (Phi) is 5.65. The maximum atomic E-state index is 13.6. The van der Waals surface area contributed by atoms with Crippen LogP contribution in [0.4, 0.5) is 14.5 Å². The highest BCUT2D eigenvalue weighted by Crippen LogP contribution is 2.20. The molecule has 0 bridgehead atoms. The number of hydrogen-bond donors (Lipinski definition) is 3. The molecule has 0 saturated carbocycles. The smallest absolute Gasteiger partial charge is 0.251 e. The molecule has 0 unspecified atom stereocenters. The van der Waals surface area contributed by atoms with Crippen LogP contribution in [0.15, 0.2) is 36.4 Å². The topological polar surface area (TPSA) is 61.4 Å². The van der Waals surface area contributed by atoms with Crippen molar-refractivity contribution in [1.82, 2.24) is 5.32 Å². The molecule has 0 spiro atoms. The minimum atomic E-state index is -0.620. The second-order valence-corrected chi connectivity index (χ2v) is 5.05. The zero-order valence-electron chi connectivity index (χ0n) is 12.7. The van der Waals surface area contributed by atoms with E-state index in [2.05, 4.69) is 10.6 Å². The Morgan fingerprint density at radius 1 is 1.22 bits per heavy atom. The molecule has 0 aliphatic heterocycles. The molecule has 1 amide bonds. The third kappa shape index (κ3) is 4.26. The molecule has 0 fully saturated rings. The van der Waals surface area contributed by atoms with E-state index in [-0.39, 0.29) is 25.6 Å². The van der Waals surface area contributed by atoms with Crippen molar-refractivity contribution >= 4 is 11.6 Å². The van der Waals surface area contributed by atoms with Crippen molar-refractivity contribution in [3.63, 3.8) is 0 Å². The van der Waals surface area contributed by atoms with Gasteiger partial charge in [0.25, 0.3) is 5.91 Å². The fraction of sp³-hybridized carbons (Fsp3) is 0.235. The molecule has 23 heavy (non-hydrogen) atoms. The first-order valence-corrected chi connectivity index (χ1v) is 7.19. The highest BCUT2D eigenvalue weighted by molar-refractivity contribution is 5.97. The molecule has 0 atom stereocenters. The van der Waals surface area contributed by atoms with Crippen LogP contribution in [0.3, 0.4) is 0 Å². The Morgan fingerprint density at radius 3 is 2.70 bits per heavy atom. The van der Waals surface area contributed by atoms with Gasteiger partial charge in [0.05, 0.1) is 6.61 Å². The molecule has 0 heterocycles. The van der Waals surface area contributed by atoms with E-state index < -0.39 is 11.6 Å². The van der Waals surface area contributed by atoms with Gasteiger partial charge in [-0.2, -0.15) is 0 Å². The number of amides is 1. The highest BCUT2D eigenvalue weighted by Gasteiger charge is 2.11. The fourth-order valence-corrected chi connectivity index (χ4v) is 2.19. The molecule has 0 aromatic heterocycles. The van der Waals surface area contributed by atoms with Crippen molar-refractivity contribution in [3.8, 4) is 0 Å². The average Bonchev–Trinajstić information content (AvgIpc) is 2.53. The number of benzene rings is 2. The number of carbonyl (C=O) groups is 1. The van der Waals surface area contributed by atoms with Crippen molar-refractivity contribution in [1.29, 1.82) is 0 Å². The number of hydrogen-bond acceptors (Lipinski definition) is 3. The summed E-state index contributed by atoms with van der Waals surface area (Å²) in [4.78, 5) is 12.0. The summed E-state index contributed by atoms with van der Waals surface area (Å²) in [6, 6.07) is 8.58. The average molecular weight is 320 g/mol. The SMILES string of the molecule is Cc1c(NCc2ccc(F)cc2F)cccc1C(=O)NCCO. The minimum Gasteiger partial charge on any atom is -0.395 e. The summed E-state index contributed by atoms with van der Waals surface area (Å²) in [7, 11) is 0. The van der Waals surface area contributed by atoms with Crippen LogP contribution in [0.25, 0.3) is 0 Å². The molecule has 3 N–H and O–H groups in total. The molecule has 0 aliphatic rings. The molecular weight excluding hydrogens is 302 g/mol. The summed E-state index contributed by atoms with van der Waals surface area (Å²) < 4.78 is 26.5. The number of halogens is 2. The Labute approximate surface area is 133 Å². The third-order valence-corrected chi connectivity index (χ3v) is 3.46. The van der Waals surface area contributed by atoms with Crippen LogP contribution in [0.5, 0.6) is 0 Å². The van der Waals surface area contributed by atoms with E-state index in [1.807, 2.05) is 0 Å². The zero-order valence-corrected chi connectivity index (χ0v) is 12.7. The third-order valence-electron chi connectivity index (χ3n) is 3.46. The van der Waals surface area contributed by atoms with E-state index in [4.69, 9.17) is 5.11 Å². The van der Waals surface area contributed by atoms with Gasteiger partial charge in [0.1, 0.15) is 11.6 Å². The van der Waals surface area contributed by atoms with E-state index in [1.165, 1.54) is 12.1 Å². The summed E-state index contributed by atoms with van der Waals surface area (Å²) in [6.07, 6.45) is 0. The van der Waals surface area contributed by atoms with Gasteiger partial charge in [-0.25, -0.2) is 8.78 Å². The monoisotopic (exact) mass is 320 g/mol. The van der Waals surface area contributed by atoms with Gasteiger partial charge in [0.2, 0.25) is 0 Å². The lowest BCUT2D eigenvalue weighted by Crippen LogP contribution is -2.27. The van der Waals surface area contributed by atoms with Crippen LogP contribution < -0.4 is 10.6 Å². The highest BCUT2D eigenvalue weighted by atomic mass is 19.1. The second-order valence-electron chi connectivity index (χ2n) is 5.05. The molecule has 4 nitrogen and oxygen atoms in total. The lowest BCUT2D eigenvalue weighted by Gasteiger charge is -2.13. The van der Waals surface area contributed by atoms with Crippen molar-refractivity contribution < 1.29 is 18.7 Å². The molecule has 0 radical (unpaired) electrons. The molecule has 0 aliphatic carbocycles. The Bertz CT molecular complexity index is 705. The second kappa shape index (κ2) is 7.69. The van der Waals surface area contributed by atoms with Gasteiger partial charge >= 0.3 is 0 Å². The molecular formula is C17H18F2N2O2. The van der Waals surface area contributed by atoms with E-state index in [9.17, 15) is 13.6 Å². The quantitative estimate of drug-likeness (QED) is 0.767. The number of aliphatic hydroxyl groups is 1. The van der Waals surface area contributed by atoms with Gasteiger partial charge in [-0.3, -0.25) is 4.79 Å². The molecule has 2 rings (SSSR count). The number of anilines is 1. The number of aliphatic hydroxyl groups excluding tert-OH is 1. The summed E-state index contributed by atoms with van der Waals surface area (Å²) >= 11 is 0. The van der Waals surface area contributed by atoms with Gasteiger partial charge in [-0.05, 0) is 30.7 Å². The van der Waals surface area contributed by atoms with Crippen LogP contribution in [-0.4, -0.2) is 24.2 Å². The van der Waals surface area contributed by atoms with Crippen molar-refractivity contribution in [2.45, 2.75) is 13.5 Å². The van der Waals surface area contributed by atoms with E-state index >= 15 is 0 Å². The Morgan fingerprint density at radius 2 is 2.00 bits per heavy atom. The molecule has 122 valence electrons. The normalized spacial score (nSPS) is 10.4. The van der Waals surface area contributed by atoms with Gasteiger partial charge in [0.15, 0.2) is 0 Å². The van der Waals surface area contributed by atoms with Crippen molar-refractivity contribution in [2.24, 2.45) is 0 Å². The van der Waals surface area contributed by atoms with Crippen molar-refractivity contribution in [2.75, 3.05) is 18.5 Å². The largest absolute Gasteiger partial charge is 0.395 e. The van der Waals surface area contributed by atoms with Crippen LogP contribution in [0.2, 0.25) is 0 Å². The van der Waals surface area contributed by atoms with Crippen LogP contribution in [0, 0.1) is 18.6 Å². The predicted octanol–water partition coefficient (Wildman–Crippen LogP) is 2.61. The van der Waals surface area contributed by atoms with Gasteiger partial charge in [-0.15, -0.1) is 0 Å². The summed E-state index contributed by atoms with van der Waals surface area (Å²) in [5.41, 5.74) is 2.21. The Balaban J connectivity index is 2.13.